The van der Waals surface area contributed by atoms with Gasteiger partial charge in [0.15, 0.2) is 11.6 Å². The van der Waals surface area contributed by atoms with Gasteiger partial charge in [-0.05, 0) is 55.5 Å². The summed E-state index contributed by atoms with van der Waals surface area (Å²) in [6, 6.07) is 8.32. The Labute approximate surface area is 130 Å². The van der Waals surface area contributed by atoms with Gasteiger partial charge in [0.2, 0.25) is 5.88 Å². The largest absolute Gasteiger partial charge is 0.435 e. The average Bonchev–Trinajstić information content (AvgIpc) is 2.50. The smallest absolute Gasteiger partial charge is 0.237 e. The second-order valence-electron chi connectivity index (χ2n) is 4.94. The van der Waals surface area contributed by atoms with Crippen molar-refractivity contribution in [3.8, 4) is 17.7 Å². The summed E-state index contributed by atoms with van der Waals surface area (Å²) in [7, 11) is 0. The van der Waals surface area contributed by atoms with Crippen LogP contribution in [0.3, 0.4) is 0 Å². The number of nitrogens with zero attached hydrogens (tertiary/aromatic N) is 2. The normalized spacial score (nSPS) is 13.4. The third-order valence-corrected chi connectivity index (χ3v) is 3.98. The number of hydrogen-bond acceptors (Lipinski definition) is 3. The highest BCUT2D eigenvalue weighted by atomic mass is 79.9. The molecule has 1 aliphatic rings. The molecule has 0 radical (unpaired) electrons. The third-order valence-electron chi connectivity index (χ3n) is 3.49. The molecule has 3 nitrogen and oxygen atoms in total. The highest BCUT2D eigenvalue weighted by Crippen LogP contribution is 2.31. The number of rotatable bonds is 2. The van der Waals surface area contributed by atoms with E-state index in [4.69, 9.17) is 4.74 Å². The predicted octanol–water partition coefficient (Wildman–Crippen LogP) is 4.53. The van der Waals surface area contributed by atoms with E-state index in [9.17, 15) is 9.65 Å². The van der Waals surface area contributed by atoms with E-state index in [2.05, 4.69) is 27.0 Å². The molecule has 3 rings (SSSR count). The second kappa shape index (κ2) is 5.82. The van der Waals surface area contributed by atoms with E-state index in [1.807, 2.05) is 6.07 Å². The van der Waals surface area contributed by atoms with Crippen molar-refractivity contribution in [2.45, 2.75) is 25.7 Å². The lowest BCUT2D eigenvalue weighted by Gasteiger charge is -2.17. The summed E-state index contributed by atoms with van der Waals surface area (Å²) in [5, 5.41) is 9.25. The SMILES string of the molecule is N#Cc1cc2c(nc1Oc1cc(Br)ccc1F)CCCC2. The fourth-order valence-electron chi connectivity index (χ4n) is 2.43. The fraction of sp³-hybridized carbons (Fsp3) is 0.250. The highest BCUT2D eigenvalue weighted by Gasteiger charge is 2.17. The highest BCUT2D eigenvalue weighted by molar-refractivity contribution is 9.10. The minimum absolute atomic E-state index is 0.0594. The molecule has 0 saturated carbocycles. The number of pyridine rings is 1. The molecule has 0 saturated heterocycles. The quantitative estimate of drug-likeness (QED) is 0.802. The maximum absolute atomic E-state index is 13.8. The van der Waals surface area contributed by atoms with E-state index in [0.29, 0.717) is 10.0 Å². The Hall–Kier alpha value is -1.93. The maximum atomic E-state index is 13.8. The molecule has 2 aromatic rings. The molecule has 0 unspecified atom stereocenters. The first-order valence-electron chi connectivity index (χ1n) is 6.73. The molecule has 0 fully saturated rings. The topological polar surface area (TPSA) is 45.9 Å². The number of halogens is 2. The van der Waals surface area contributed by atoms with Crippen LogP contribution in [-0.2, 0) is 12.8 Å². The first-order valence-corrected chi connectivity index (χ1v) is 7.52. The number of aryl methyl sites for hydroxylation is 2. The third kappa shape index (κ3) is 2.91. The van der Waals surface area contributed by atoms with Gasteiger partial charge >= 0.3 is 0 Å². The Morgan fingerprint density at radius 2 is 2.05 bits per heavy atom. The van der Waals surface area contributed by atoms with Crippen molar-refractivity contribution in [2.24, 2.45) is 0 Å². The molecule has 106 valence electrons. The number of aromatic nitrogens is 1. The van der Waals surface area contributed by atoms with Gasteiger partial charge in [-0.25, -0.2) is 9.37 Å². The lowest BCUT2D eigenvalue weighted by molar-refractivity contribution is 0.422. The van der Waals surface area contributed by atoms with Crippen LogP contribution in [0.15, 0.2) is 28.7 Å². The van der Waals surface area contributed by atoms with E-state index >= 15 is 0 Å². The van der Waals surface area contributed by atoms with Crippen molar-refractivity contribution >= 4 is 15.9 Å². The standard InChI is InChI=1S/C16H12BrFN2O/c17-12-5-6-13(18)15(8-12)21-16-11(9-19)7-10-3-1-2-4-14(10)20-16/h5-8H,1-4H2. The van der Waals surface area contributed by atoms with E-state index in [1.165, 1.54) is 12.1 Å². The molecule has 0 amide bonds. The van der Waals surface area contributed by atoms with E-state index in [0.717, 1.165) is 36.9 Å². The molecule has 1 aliphatic carbocycles. The maximum Gasteiger partial charge on any atom is 0.237 e. The monoisotopic (exact) mass is 346 g/mol. The number of nitriles is 1. The van der Waals surface area contributed by atoms with Crippen LogP contribution in [0.2, 0.25) is 0 Å². The molecular weight excluding hydrogens is 335 g/mol. The molecule has 1 aromatic carbocycles. The number of hydrogen-bond donors (Lipinski definition) is 0. The van der Waals surface area contributed by atoms with Gasteiger partial charge < -0.3 is 4.74 Å². The summed E-state index contributed by atoms with van der Waals surface area (Å²) < 4.78 is 20.0. The Balaban J connectivity index is 2.02. The van der Waals surface area contributed by atoms with Crippen LogP contribution in [0, 0.1) is 17.1 Å². The van der Waals surface area contributed by atoms with Crippen molar-refractivity contribution < 1.29 is 9.13 Å². The number of fused-ring (bicyclic) bond motifs is 1. The fourth-order valence-corrected chi connectivity index (χ4v) is 2.77. The van der Waals surface area contributed by atoms with E-state index in [-0.39, 0.29) is 11.6 Å². The van der Waals surface area contributed by atoms with Crippen molar-refractivity contribution in [2.75, 3.05) is 0 Å². The molecule has 1 heterocycles. The van der Waals surface area contributed by atoms with Gasteiger partial charge in [0.1, 0.15) is 11.6 Å². The number of ether oxygens (including phenoxy) is 1. The van der Waals surface area contributed by atoms with Gasteiger partial charge in [0, 0.05) is 10.2 Å². The van der Waals surface area contributed by atoms with Crippen LogP contribution in [0.5, 0.6) is 11.6 Å². The molecule has 0 spiro atoms. The van der Waals surface area contributed by atoms with Crippen LogP contribution in [0.4, 0.5) is 4.39 Å². The first-order chi connectivity index (χ1) is 10.2. The van der Waals surface area contributed by atoms with Crippen LogP contribution >= 0.6 is 15.9 Å². The van der Waals surface area contributed by atoms with Crippen molar-refractivity contribution in [3.63, 3.8) is 0 Å². The Morgan fingerprint density at radius 3 is 2.86 bits per heavy atom. The molecule has 0 bridgehead atoms. The molecule has 0 aliphatic heterocycles. The molecule has 21 heavy (non-hydrogen) atoms. The summed E-state index contributed by atoms with van der Waals surface area (Å²) in [6.45, 7) is 0. The van der Waals surface area contributed by atoms with Crippen molar-refractivity contribution in [1.29, 1.82) is 5.26 Å². The minimum Gasteiger partial charge on any atom is -0.435 e. The van der Waals surface area contributed by atoms with Crippen LogP contribution in [-0.4, -0.2) is 4.98 Å². The lowest BCUT2D eigenvalue weighted by atomic mass is 9.95. The Morgan fingerprint density at radius 1 is 1.24 bits per heavy atom. The average molecular weight is 347 g/mol. The van der Waals surface area contributed by atoms with Crippen molar-refractivity contribution in [3.05, 3.63) is 51.4 Å². The molecule has 5 heteroatoms. The molecule has 1 aromatic heterocycles. The van der Waals surface area contributed by atoms with Crippen LogP contribution < -0.4 is 4.74 Å². The van der Waals surface area contributed by atoms with Crippen LogP contribution in [0.1, 0.15) is 29.7 Å². The van der Waals surface area contributed by atoms with Gasteiger partial charge in [-0.15, -0.1) is 0 Å². The first kappa shape index (κ1) is 14.0. The Kier molecular flexibility index (Phi) is 3.89. The zero-order valence-electron chi connectivity index (χ0n) is 11.2. The summed E-state index contributed by atoms with van der Waals surface area (Å²) in [6.07, 6.45) is 4.00. The van der Waals surface area contributed by atoms with E-state index in [1.54, 1.807) is 6.07 Å². The number of benzene rings is 1. The zero-order chi connectivity index (χ0) is 14.8. The van der Waals surface area contributed by atoms with Gasteiger partial charge in [-0.3, -0.25) is 0 Å². The molecular formula is C16H12BrFN2O. The lowest BCUT2D eigenvalue weighted by Crippen LogP contribution is -2.07. The summed E-state index contributed by atoms with van der Waals surface area (Å²) in [5.41, 5.74) is 2.39. The summed E-state index contributed by atoms with van der Waals surface area (Å²) in [5.74, 6) is -0.249. The Bertz CT molecular complexity index is 740. The second-order valence-corrected chi connectivity index (χ2v) is 5.86. The van der Waals surface area contributed by atoms with E-state index < -0.39 is 5.82 Å². The predicted molar refractivity (Wildman–Crippen MR) is 79.8 cm³/mol. The molecule has 0 N–H and O–H groups in total. The van der Waals surface area contributed by atoms with Gasteiger partial charge in [0.05, 0.1) is 0 Å². The summed E-state index contributed by atoms with van der Waals surface area (Å²) in [4.78, 5) is 4.42. The van der Waals surface area contributed by atoms with Gasteiger partial charge in [-0.1, -0.05) is 15.9 Å². The molecule has 0 atom stereocenters. The van der Waals surface area contributed by atoms with Crippen molar-refractivity contribution in [1.82, 2.24) is 4.98 Å². The van der Waals surface area contributed by atoms with Crippen LogP contribution in [0.25, 0.3) is 0 Å². The zero-order valence-corrected chi connectivity index (χ0v) is 12.8. The van der Waals surface area contributed by atoms with Gasteiger partial charge in [-0.2, -0.15) is 5.26 Å². The van der Waals surface area contributed by atoms with Gasteiger partial charge in [0.25, 0.3) is 0 Å². The summed E-state index contributed by atoms with van der Waals surface area (Å²) >= 11 is 3.27. The minimum atomic E-state index is -0.485.